The molecule has 0 aliphatic heterocycles. The first-order valence-electron chi connectivity index (χ1n) is 9.17. The third kappa shape index (κ3) is 5.67. The summed E-state index contributed by atoms with van der Waals surface area (Å²) < 4.78 is 5.21. The average Bonchev–Trinajstić information content (AvgIpc) is 3.13. The van der Waals surface area contributed by atoms with Crippen LogP contribution in [0.15, 0.2) is 60.0 Å². The van der Waals surface area contributed by atoms with Crippen molar-refractivity contribution >= 4 is 39.8 Å². The first-order valence-corrected chi connectivity index (χ1v) is 10.4. The van der Waals surface area contributed by atoms with E-state index < -0.39 is 5.97 Å². The molecule has 0 atom stereocenters. The number of carbonyl (C=O) groups is 2. The normalized spacial score (nSPS) is 10.6. The summed E-state index contributed by atoms with van der Waals surface area (Å²) in [6, 6.07) is 17.0. The maximum atomic E-state index is 12.6. The van der Waals surface area contributed by atoms with Gasteiger partial charge in [-0.05, 0) is 30.2 Å². The molecule has 29 heavy (non-hydrogen) atoms. The monoisotopic (exact) mass is 428 g/mol. The molecule has 5 nitrogen and oxygen atoms in total. The number of benzene rings is 2. The summed E-state index contributed by atoms with van der Waals surface area (Å²) in [4.78, 5) is 24.9. The molecule has 0 saturated carbocycles. The third-order valence-corrected chi connectivity index (χ3v) is 5.28. The van der Waals surface area contributed by atoms with Crippen LogP contribution in [0.2, 0.25) is 5.02 Å². The van der Waals surface area contributed by atoms with Crippen molar-refractivity contribution in [2.75, 3.05) is 18.5 Å². The molecule has 0 aliphatic rings. The van der Waals surface area contributed by atoms with E-state index in [1.54, 1.807) is 19.1 Å². The highest BCUT2D eigenvalue weighted by molar-refractivity contribution is 7.15. The van der Waals surface area contributed by atoms with Crippen molar-refractivity contribution in [3.63, 3.8) is 0 Å². The second-order valence-corrected chi connectivity index (χ2v) is 7.53. The smallest absolute Gasteiger partial charge is 0.341 e. The lowest BCUT2D eigenvalue weighted by Gasteiger charge is -2.09. The van der Waals surface area contributed by atoms with Gasteiger partial charge in [0.2, 0.25) is 5.91 Å². The lowest BCUT2D eigenvalue weighted by molar-refractivity contribution is -0.115. The molecule has 3 aromatic rings. The number of ether oxygens (including phenoxy) is 1. The van der Waals surface area contributed by atoms with Crippen molar-refractivity contribution in [1.82, 2.24) is 5.32 Å². The zero-order valence-corrected chi connectivity index (χ0v) is 17.5. The second-order valence-electron chi connectivity index (χ2n) is 6.22. The predicted octanol–water partition coefficient (Wildman–Crippen LogP) is 4.97. The molecule has 1 amide bonds. The molecule has 2 aromatic carbocycles. The van der Waals surface area contributed by atoms with E-state index in [1.165, 1.54) is 11.3 Å². The Balaban J connectivity index is 1.73. The van der Waals surface area contributed by atoms with E-state index >= 15 is 0 Å². The highest BCUT2D eigenvalue weighted by Gasteiger charge is 2.22. The Morgan fingerprint density at radius 1 is 1.07 bits per heavy atom. The van der Waals surface area contributed by atoms with E-state index in [0.717, 1.165) is 11.1 Å². The van der Waals surface area contributed by atoms with Crippen LogP contribution in [0.25, 0.3) is 11.1 Å². The SMILES string of the molecule is CCOC(=O)c1c(-c2ccc(Cl)cc2)csc1NC(=O)CNCc1ccccc1. The number of nitrogens with one attached hydrogen (secondary N) is 2. The zero-order chi connectivity index (χ0) is 20.6. The molecule has 2 N–H and O–H groups in total. The van der Waals surface area contributed by atoms with E-state index in [0.29, 0.717) is 27.7 Å². The summed E-state index contributed by atoms with van der Waals surface area (Å²) >= 11 is 7.26. The molecule has 1 aromatic heterocycles. The number of anilines is 1. The molecule has 0 bridgehead atoms. The van der Waals surface area contributed by atoms with Gasteiger partial charge in [0, 0.05) is 22.5 Å². The first kappa shape index (κ1) is 21.0. The number of rotatable bonds is 8. The molecule has 0 fully saturated rings. The van der Waals surface area contributed by atoms with Crippen molar-refractivity contribution in [3.05, 3.63) is 76.1 Å². The number of hydrogen-bond donors (Lipinski definition) is 2. The molecule has 0 radical (unpaired) electrons. The molecule has 7 heteroatoms. The fourth-order valence-electron chi connectivity index (χ4n) is 2.78. The van der Waals surface area contributed by atoms with Crippen LogP contribution in [0.1, 0.15) is 22.8 Å². The molecule has 0 aliphatic carbocycles. The van der Waals surface area contributed by atoms with Gasteiger partial charge in [0.1, 0.15) is 10.6 Å². The Labute approximate surface area is 178 Å². The minimum absolute atomic E-state index is 0.130. The molecular weight excluding hydrogens is 408 g/mol. The summed E-state index contributed by atoms with van der Waals surface area (Å²) in [6.07, 6.45) is 0. The lowest BCUT2D eigenvalue weighted by Crippen LogP contribution is -2.28. The van der Waals surface area contributed by atoms with Crippen LogP contribution in [0.4, 0.5) is 5.00 Å². The highest BCUT2D eigenvalue weighted by Crippen LogP contribution is 2.36. The van der Waals surface area contributed by atoms with Gasteiger partial charge < -0.3 is 15.4 Å². The van der Waals surface area contributed by atoms with Crippen molar-refractivity contribution in [2.45, 2.75) is 13.5 Å². The van der Waals surface area contributed by atoms with E-state index in [2.05, 4.69) is 10.6 Å². The minimum Gasteiger partial charge on any atom is -0.462 e. The number of carbonyl (C=O) groups excluding carboxylic acids is 2. The predicted molar refractivity (Wildman–Crippen MR) is 117 cm³/mol. The Morgan fingerprint density at radius 3 is 2.48 bits per heavy atom. The number of hydrogen-bond acceptors (Lipinski definition) is 5. The molecule has 1 heterocycles. The third-order valence-electron chi connectivity index (χ3n) is 4.14. The van der Waals surface area contributed by atoms with Crippen molar-refractivity contribution in [1.29, 1.82) is 0 Å². The minimum atomic E-state index is -0.466. The van der Waals surface area contributed by atoms with Crippen LogP contribution in [0.5, 0.6) is 0 Å². The molecule has 150 valence electrons. The Hall–Kier alpha value is -2.67. The molecule has 3 rings (SSSR count). The number of halogens is 1. The van der Waals surface area contributed by atoms with Gasteiger partial charge in [0.25, 0.3) is 0 Å². The molecule has 0 saturated heterocycles. The van der Waals surface area contributed by atoms with Crippen LogP contribution in [0.3, 0.4) is 0 Å². The van der Waals surface area contributed by atoms with Crippen LogP contribution >= 0.6 is 22.9 Å². The Bertz CT molecular complexity index is 971. The van der Waals surface area contributed by atoms with Crippen molar-refractivity contribution in [3.8, 4) is 11.1 Å². The maximum Gasteiger partial charge on any atom is 0.341 e. The van der Waals surface area contributed by atoms with E-state index in [4.69, 9.17) is 16.3 Å². The Kier molecular flexibility index (Phi) is 7.41. The Morgan fingerprint density at radius 2 is 1.79 bits per heavy atom. The molecular formula is C22H21ClN2O3S. The number of thiophene rings is 1. The van der Waals surface area contributed by atoms with Crippen molar-refractivity contribution < 1.29 is 14.3 Å². The summed E-state index contributed by atoms with van der Waals surface area (Å²) in [5.74, 6) is -0.692. The van der Waals surface area contributed by atoms with E-state index in [-0.39, 0.29) is 19.1 Å². The summed E-state index contributed by atoms with van der Waals surface area (Å²) in [7, 11) is 0. The quantitative estimate of drug-likeness (QED) is 0.497. The average molecular weight is 429 g/mol. The topological polar surface area (TPSA) is 67.4 Å². The van der Waals surface area contributed by atoms with Gasteiger partial charge in [-0.1, -0.05) is 54.1 Å². The lowest BCUT2D eigenvalue weighted by atomic mass is 10.0. The van der Waals surface area contributed by atoms with Gasteiger partial charge in [-0.3, -0.25) is 4.79 Å². The fraction of sp³-hybridized carbons (Fsp3) is 0.182. The van der Waals surface area contributed by atoms with Crippen LogP contribution in [-0.4, -0.2) is 25.0 Å². The maximum absolute atomic E-state index is 12.6. The number of esters is 1. The van der Waals surface area contributed by atoms with Gasteiger partial charge in [-0.2, -0.15) is 0 Å². The highest BCUT2D eigenvalue weighted by atomic mass is 35.5. The van der Waals surface area contributed by atoms with Gasteiger partial charge in [-0.15, -0.1) is 11.3 Å². The second kappa shape index (κ2) is 10.2. The van der Waals surface area contributed by atoms with Gasteiger partial charge >= 0.3 is 5.97 Å². The number of amides is 1. The van der Waals surface area contributed by atoms with Gasteiger partial charge in [0.15, 0.2) is 0 Å². The van der Waals surface area contributed by atoms with Crippen LogP contribution < -0.4 is 10.6 Å². The summed E-state index contributed by atoms with van der Waals surface area (Å²) in [6.45, 7) is 2.71. The fourth-order valence-corrected chi connectivity index (χ4v) is 3.88. The summed E-state index contributed by atoms with van der Waals surface area (Å²) in [5, 5.41) is 8.85. The van der Waals surface area contributed by atoms with Crippen LogP contribution in [-0.2, 0) is 16.1 Å². The molecule has 0 spiro atoms. The van der Waals surface area contributed by atoms with Gasteiger partial charge in [0.05, 0.1) is 13.2 Å². The van der Waals surface area contributed by atoms with E-state index in [9.17, 15) is 9.59 Å². The van der Waals surface area contributed by atoms with E-state index in [1.807, 2.05) is 47.8 Å². The first-order chi connectivity index (χ1) is 14.1. The van der Waals surface area contributed by atoms with Gasteiger partial charge in [-0.25, -0.2) is 4.79 Å². The zero-order valence-electron chi connectivity index (χ0n) is 15.9. The largest absolute Gasteiger partial charge is 0.462 e. The molecule has 0 unspecified atom stereocenters. The summed E-state index contributed by atoms with van der Waals surface area (Å²) in [5.41, 5.74) is 2.98. The van der Waals surface area contributed by atoms with Crippen molar-refractivity contribution in [2.24, 2.45) is 0 Å². The standard InChI is InChI=1S/C22H21ClN2O3S/c1-2-28-22(27)20-18(16-8-10-17(23)11-9-16)14-29-21(20)25-19(26)13-24-12-15-6-4-3-5-7-15/h3-11,14,24H,2,12-13H2,1H3,(H,25,26). The van der Waals surface area contributed by atoms with Crippen LogP contribution in [0, 0.1) is 0 Å².